The van der Waals surface area contributed by atoms with Crippen molar-refractivity contribution in [2.75, 3.05) is 6.54 Å². The summed E-state index contributed by atoms with van der Waals surface area (Å²) in [6.45, 7) is 8.38. The molecule has 0 aliphatic rings. The minimum Gasteiger partial charge on any atom is -0.360 e. The molecule has 0 atom stereocenters. The van der Waals surface area contributed by atoms with Crippen LogP contribution in [-0.2, 0) is 126 Å². The first-order valence-corrected chi connectivity index (χ1v) is 2.77. The number of nitrogens with zero attached hydrogens (tertiary/aromatic N) is 2. The van der Waals surface area contributed by atoms with Crippen molar-refractivity contribution < 1.29 is 126 Å². The second-order valence-electron chi connectivity index (χ2n) is 0.958. The minimum atomic E-state index is 0. The fourth-order valence-corrected chi connectivity index (χ4v) is 0. The Labute approximate surface area is 193 Å². The van der Waals surface area contributed by atoms with Crippen LogP contribution in [0.3, 0.4) is 0 Å². The summed E-state index contributed by atoms with van der Waals surface area (Å²) in [5.41, 5.74) is 4.74. The summed E-state index contributed by atoms with van der Waals surface area (Å²) in [7, 11) is 0. The Bertz CT molecular complexity index is 113. The van der Waals surface area contributed by atoms with E-state index in [0.29, 0.717) is 13.0 Å². The van der Waals surface area contributed by atoms with Gasteiger partial charge >= 0.3 is 0 Å². The zero-order valence-corrected chi connectivity index (χ0v) is 27.4. The summed E-state index contributed by atoms with van der Waals surface area (Å²) < 4.78 is 0. The molecule has 0 aliphatic heterocycles. The Kier molecular flexibility index (Phi) is 539. The van der Waals surface area contributed by atoms with Gasteiger partial charge in [-0.05, 0) is 0 Å². The van der Waals surface area contributed by atoms with Gasteiger partial charge in [0.2, 0.25) is 0 Å². The van der Waals surface area contributed by atoms with Crippen molar-refractivity contribution in [2.45, 2.75) is 13.3 Å². The van der Waals surface area contributed by atoms with E-state index in [9.17, 15) is 0 Å². The number of hydrogen-bond acceptors (Lipinski definition) is 3. The van der Waals surface area contributed by atoms with Crippen LogP contribution in [0.15, 0.2) is 0 Å². The Balaban J connectivity index is -0.00000000452. The molecule has 0 fully saturated rings. The van der Waals surface area contributed by atoms with Gasteiger partial charge < -0.3 is 27.0 Å². The van der Waals surface area contributed by atoms with Crippen LogP contribution in [0.2, 0.25) is 0 Å². The largest absolute Gasteiger partial charge is 0.360 e. The molecule has 3 nitrogen and oxygen atoms in total. The monoisotopic (exact) mass is 1260 g/mol. The summed E-state index contributed by atoms with van der Waals surface area (Å²) in [5.74, 6) is 0. The molecule has 0 unspecified atom stereocenters. The Morgan fingerprint density at radius 3 is 1.06 bits per heavy atom. The van der Waals surface area contributed by atoms with E-state index in [-0.39, 0.29) is 134 Å². The number of nitrogens with two attached hydrogens (primary N) is 1. The van der Waals surface area contributed by atoms with Crippen molar-refractivity contribution >= 4 is 0 Å². The van der Waals surface area contributed by atoms with Gasteiger partial charge in [0.15, 0.2) is 0 Å². The zero-order chi connectivity index (χ0) is 8.83. The molecule has 0 rings (SSSR count). The fraction of sp³-hybridized carbons (Fsp3) is 0.375. The molecular formula is C8H16N3W6-3. The van der Waals surface area contributed by atoms with E-state index in [4.69, 9.17) is 16.3 Å². The standard InChI is InChI=1S/C3H5N.C2H6N.C2H2N.CH3.6W/c1-2-3-4;2*1-2-3;;;;;;;/h2H2,1H3;1-3H2;1H2;1H3;;;;;;/q;3*-1;;;;;;. The first-order valence-electron chi connectivity index (χ1n) is 2.77. The quantitative estimate of drug-likeness (QED) is 0.375. The van der Waals surface area contributed by atoms with E-state index in [1.807, 2.05) is 13.0 Å². The maximum atomic E-state index is 7.62. The molecule has 0 aromatic rings. The molecule has 0 saturated carbocycles. The Morgan fingerprint density at radius 1 is 1.00 bits per heavy atom. The average molecular weight is 1260 g/mol. The van der Waals surface area contributed by atoms with E-state index in [0.717, 1.165) is 0 Å². The molecule has 9 heteroatoms. The molecule has 0 saturated heterocycles. The second-order valence-corrected chi connectivity index (χ2v) is 0.958. The first kappa shape index (κ1) is 72.4. The van der Waals surface area contributed by atoms with Crippen LogP contribution in [0.4, 0.5) is 0 Å². The van der Waals surface area contributed by atoms with Gasteiger partial charge in [-0.25, -0.2) is 5.26 Å². The molecule has 0 spiro atoms. The molecular weight excluding hydrogens is 1240 g/mol. The number of nitriles is 2. The van der Waals surface area contributed by atoms with Crippen LogP contribution >= 0.6 is 0 Å². The van der Waals surface area contributed by atoms with Crippen LogP contribution in [0.1, 0.15) is 13.3 Å². The SMILES string of the molecule is CCC#N.[CH2-]C#N.[CH2-]CN.[CH3-].[W].[W].[W].[W].[W].[W]. The van der Waals surface area contributed by atoms with Crippen LogP contribution in [0, 0.1) is 43.9 Å². The van der Waals surface area contributed by atoms with Gasteiger partial charge in [-0.3, -0.25) is 0 Å². The third-order valence-corrected chi connectivity index (χ3v) is 0.158. The number of rotatable bonds is 0. The molecule has 102 valence electrons. The maximum absolute atomic E-state index is 7.62. The van der Waals surface area contributed by atoms with E-state index in [1.54, 1.807) is 0 Å². The van der Waals surface area contributed by atoms with Crippen molar-refractivity contribution in [1.82, 2.24) is 0 Å². The summed E-state index contributed by atoms with van der Waals surface area (Å²) in [5, 5.41) is 14.8. The van der Waals surface area contributed by atoms with E-state index < -0.39 is 0 Å². The third-order valence-electron chi connectivity index (χ3n) is 0.158. The topological polar surface area (TPSA) is 73.6 Å². The molecule has 17 heavy (non-hydrogen) atoms. The van der Waals surface area contributed by atoms with Crippen LogP contribution in [-0.4, -0.2) is 6.54 Å². The molecule has 0 aliphatic carbocycles. The molecule has 0 aromatic carbocycles. The van der Waals surface area contributed by atoms with E-state index >= 15 is 0 Å². The van der Waals surface area contributed by atoms with Gasteiger partial charge in [0, 0.05) is 133 Å². The van der Waals surface area contributed by atoms with Crippen LogP contribution in [0.25, 0.3) is 0 Å². The van der Waals surface area contributed by atoms with Gasteiger partial charge in [-0.2, -0.15) is 5.26 Å². The predicted octanol–water partition coefficient (Wildman–Crippen LogP) is 1.48. The van der Waals surface area contributed by atoms with Gasteiger partial charge in [0.25, 0.3) is 0 Å². The van der Waals surface area contributed by atoms with Gasteiger partial charge in [-0.15, -0.1) is 12.6 Å². The van der Waals surface area contributed by atoms with Gasteiger partial charge in [-0.1, -0.05) is 6.92 Å². The van der Waals surface area contributed by atoms with E-state index in [2.05, 4.69) is 13.8 Å². The smallest absolute Gasteiger partial charge is 0.0618 e. The normalized spacial score (nSPS) is 2.65. The molecule has 0 aromatic heterocycles. The number of hydrogen-bond donors (Lipinski definition) is 1. The van der Waals surface area contributed by atoms with Crippen molar-refractivity contribution in [3.8, 4) is 12.1 Å². The maximum Gasteiger partial charge on any atom is 0.0618 e. The molecule has 0 heterocycles. The van der Waals surface area contributed by atoms with E-state index in [1.165, 1.54) is 6.07 Å². The van der Waals surface area contributed by atoms with Crippen LogP contribution in [0.5, 0.6) is 0 Å². The fourth-order valence-electron chi connectivity index (χ4n) is 0. The summed E-state index contributed by atoms with van der Waals surface area (Å²) in [6.07, 6.45) is 0.625. The summed E-state index contributed by atoms with van der Waals surface area (Å²) in [4.78, 5) is 0. The predicted molar refractivity (Wildman–Crippen MR) is 47.7 cm³/mol. The molecule has 2 N–H and O–H groups in total. The van der Waals surface area contributed by atoms with Crippen molar-refractivity contribution in [3.63, 3.8) is 0 Å². The van der Waals surface area contributed by atoms with Gasteiger partial charge in [0.05, 0.1) is 6.07 Å². The Morgan fingerprint density at radius 2 is 1.06 bits per heavy atom. The first-order chi connectivity index (χ1) is 4.74. The second kappa shape index (κ2) is 127. The van der Waals surface area contributed by atoms with Crippen molar-refractivity contribution in [2.24, 2.45) is 5.73 Å². The molecule has 0 bridgehead atoms. The van der Waals surface area contributed by atoms with Gasteiger partial charge in [0.1, 0.15) is 0 Å². The molecule has 0 amide bonds. The Hall–Kier alpha value is 2.94. The summed E-state index contributed by atoms with van der Waals surface area (Å²) in [6, 6.07) is 3.43. The average Bonchev–Trinajstić information content (AvgIpc) is 1.91. The van der Waals surface area contributed by atoms with Crippen molar-refractivity contribution in [1.29, 1.82) is 10.5 Å². The van der Waals surface area contributed by atoms with Crippen molar-refractivity contribution in [3.05, 3.63) is 21.3 Å². The van der Waals surface area contributed by atoms with Crippen LogP contribution < -0.4 is 5.73 Å². The third kappa shape index (κ3) is 350. The zero-order valence-electron chi connectivity index (χ0n) is 9.75. The molecule has 0 radical (unpaired) electrons. The minimum absolute atomic E-state index is 0. The summed E-state index contributed by atoms with van der Waals surface area (Å²) >= 11 is 0.